The molecular formula is C13H24N2O3. The molecule has 1 fully saturated rings. The van der Waals surface area contributed by atoms with Crippen LogP contribution in [-0.4, -0.2) is 41.6 Å². The van der Waals surface area contributed by atoms with E-state index < -0.39 is 11.4 Å². The van der Waals surface area contributed by atoms with Crippen molar-refractivity contribution >= 4 is 12.0 Å². The molecule has 5 nitrogen and oxygen atoms in total. The highest BCUT2D eigenvalue weighted by atomic mass is 16.4. The number of rotatable bonds is 4. The van der Waals surface area contributed by atoms with E-state index in [2.05, 4.69) is 5.32 Å². The Kier molecular flexibility index (Phi) is 4.99. The third-order valence-electron chi connectivity index (χ3n) is 3.66. The van der Waals surface area contributed by atoms with Gasteiger partial charge in [0.1, 0.15) is 0 Å². The maximum absolute atomic E-state index is 12.0. The largest absolute Gasteiger partial charge is 0.481 e. The summed E-state index contributed by atoms with van der Waals surface area (Å²) in [6.45, 7) is 7.54. The van der Waals surface area contributed by atoms with Crippen LogP contribution in [0.15, 0.2) is 0 Å². The van der Waals surface area contributed by atoms with E-state index in [1.54, 1.807) is 4.90 Å². The number of amides is 2. The fourth-order valence-corrected chi connectivity index (χ4v) is 2.32. The lowest BCUT2D eigenvalue weighted by atomic mass is 9.78. The summed E-state index contributed by atoms with van der Waals surface area (Å²) in [7, 11) is 0. The van der Waals surface area contributed by atoms with E-state index in [1.807, 2.05) is 20.8 Å². The van der Waals surface area contributed by atoms with E-state index in [0.717, 1.165) is 6.42 Å². The highest BCUT2D eigenvalue weighted by Gasteiger charge is 2.42. The number of hydrogen-bond acceptors (Lipinski definition) is 2. The third kappa shape index (κ3) is 3.37. The van der Waals surface area contributed by atoms with Gasteiger partial charge < -0.3 is 15.3 Å². The van der Waals surface area contributed by atoms with Gasteiger partial charge in [-0.1, -0.05) is 20.8 Å². The number of hydrogen-bond donors (Lipinski definition) is 2. The molecule has 0 aromatic carbocycles. The van der Waals surface area contributed by atoms with Crippen molar-refractivity contribution in [1.29, 1.82) is 0 Å². The van der Waals surface area contributed by atoms with Crippen molar-refractivity contribution in [2.75, 3.05) is 19.6 Å². The van der Waals surface area contributed by atoms with E-state index in [4.69, 9.17) is 0 Å². The zero-order valence-electron chi connectivity index (χ0n) is 11.5. The van der Waals surface area contributed by atoms with E-state index in [0.29, 0.717) is 38.4 Å². The van der Waals surface area contributed by atoms with E-state index in [9.17, 15) is 14.7 Å². The summed E-state index contributed by atoms with van der Waals surface area (Å²) >= 11 is 0. The Hall–Kier alpha value is -1.26. The molecule has 2 N–H and O–H groups in total. The molecule has 1 unspecified atom stereocenters. The van der Waals surface area contributed by atoms with Gasteiger partial charge in [-0.15, -0.1) is 0 Å². The number of urea groups is 1. The van der Waals surface area contributed by atoms with E-state index >= 15 is 0 Å². The SMILES string of the molecule is CCC1(C(=O)O)CCCN(C(=O)NCC(C)C)C1. The van der Waals surface area contributed by atoms with Crippen LogP contribution < -0.4 is 5.32 Å². The fourth-order valence-electron chi connectivity index (χ4n) is 2.32. The molecular weight excluding hydrogens is 232 g/mol. The molecule has 1 atom stereocenters. The Balaban J connectivity index is 2.63. The van der Waals surface area contributed by atoms with Crippen LogP contribution in [0, 0.1) is 11.3 Å². The molecule has 0 bridgehead atoms. The van der Waals surface area contributed by atoms with Crippen molar-refractivity contribution in [3.05, 3.63) is 0 Å². The minimum absolute atomic E-state index is 0.137. The molecule has 0 saturated carbocycles. The molecule has 1 saturated heterocycles. The molecule has 0 radical (unpaired) electrons. The number of carboxylic acids is 1. The van der Waals surface area contributed by atoms with Crippen molar-refractivity contribution in [3.63, 3.8) is 0 Å². The number of carbonyl (C=O) groups excluding carboxylic acids is 1. The van der Waals surface area contributed by atoms with Crippen molar-refractivity contribution in [3.8, 4) is 0 Å². The zero-order chi connectivity index (χ0) is 13.8. The van der Waals surface area contributed by atoms with Crippen LogP contribution in [-0.2, 0) is 4.79 Å². The number of carbonyl (C=O) groups is 2. The average Bonchev–Trinajstić information content (AvgIpc) is 2.35. The van der Waals surface area contributed by atoms with E-state index in [1.165, 1.54) is 0 Å². The summed E-state index contributed by atoms with van der Waals surface area (Å²) in [5.74, 6) is -0.388. The van der Waals surface area contributed by atoms with Gasteiger partial charge in [-0.25, -0.2) is 4.79 Å². The summed E-state index contributed by atoms with van der Waals surface area (Å²) in [4.78, 5) is 25.0. The first-order chi connectivity index (χ1) is 8.41. The summed E-state index contributed by atoms with van der Waals surface area (Å²) in [6, 6.07) is -0.137. The summed E-state index contributed by atoms with van der Waals surface area (Å²) in [6.07, 6.45) is 1.98. The third-order valence-corrected chi connectivity index (χ3v) is 3.66. The second kappa shape index (κ2) is 6.07. The first-order valence-electron chi connectivity index (χ1n) is 6.67. The van der Waals surface area contributed by atoms with Crippen LogP contribution in [0.4, 0.5) is 4.79 Å². The van der Waals surface area contributed by atoms with Crippen LogP contribution in [0.25, 0.3) is 0 Å². The lowest BCUT2D eigenvalue weighted by Crippen LogP contribution is -2.52. The average molecular weight is 256 g/mol. The lowest BCUT2D eigenvalue weighted by Gasteiger charge is -2.39. The predicted octanol–water partition coefficient (Wildman–Crippen LogP) is 1.93. The molecule has 0 aromatic rings. The summed E-state index contributed by atoms with van der Waals surface area (Å²) < 4.78 is 0. The topological polar surface area (TPSA) is 69.6 Å². The van der Waals surface area contributed by atoms with Crippen molar-refractivity contribution < 1.29 is 14.7 Å². The molecule has 1 rings (SSSR count). The van der Waals surface area contributed by atoms with Gasteiger partial charge in [0.25, 0.3) is 0 Å². The molecule has 5 heteroatoms. The fraction of sp³-hybridized carbons (Fsp3) is 0.846. The molecule has 104 valence electrons. The van der Waals surface area contributed by atoms with Crippen LogP contribution in [0.2, 0.25) is 0 Å². The molecule has 2 amide bonds. The van der Waals surface area contributed by atoms with Crippen LogP contribution >= 0.6 is 0 Å². The molecule has 1 aliphatic heterocycles. The zero-order valence-corrected chi connectivity index (χ0v) is 11.5. The molecule has 1 aliphatic rings. The quantitative estimate of drug-likeness (QED) is 0.807. The van der Waals surface area contributed by atoms with Gasteiger partial charge >= 0.3 is 12.0 Å². The molecule has 0 spiro atoms. The Morgan fingerprint density at radius 3 is 2.61 bits per heavy atom. The van der Waals surface area contributed by atoms with Gasteiger partial charge in [-0.3, -0.25) is 4.79 Å². The van der Waals surface area contributed by atoms with Crippen molar-refractivity contribution in [2.24, 2.45) is 11.3 Å². The van der Waals surface area contributed by atoms with Crippen LogP contribution in [0.3, 0.4) is 0 Å². The summed E-state index contributed by atoms with van der Waals surface area (Å²) in [5, 5.41) is 12.2. The Morgan fingerprint density at radius 1 is 1.44 bits per heavy atom. The Morgan fingerprint density at radius 2 is 2.11 bits per heavy atom. The maximum atomic E-state index is 12.0. The Labute approximate surface area is 109 Å². The Bertz CT molecular complexity index is 317. The summed E-state index contributed by atoms with van der Waals surface area (Å²) in [5.41, 5.74) is -0.757. The van der Waals surface area contributed by atoms with Crippen molar-refractivity contribution in [2.45, 2.75) is 40.0 Å². The minimum Gasteiger partial charge on any atom is -0.481 e. The number of nitrogens with zero attached hydrogens (tertiary/aromatic N) is 1. The monoisotopic (exact) mass is 256 g/mol. The van der Waals surface area contributed by atoms with Gasteiger partial charge in [0.15, 0.2) is 0 Å². The number of nitrogens with one attached hydrogen (secondary N) is 1. The second-order valence-corrected chi connectivity index (χ2v) is 5.54. The highest BCUT2D eigenvalue weighted by Crippen LogP contribution is 2.33. The van der Waals surface area contributed by atoms with Crippen LogP contribution in [0.5, 0.6) is 0 Å². The molecule has 0 aliphatic carbocycles. The van der Waals surface area contributed by atoms with Gasteiger partial charge in [-0.2, -0.15) is 0 Å². The predicted molar refractivity (Wildman–Crippen MR) is 69.4 cm³/mol. The normalized spacial score (nSPS) is 24.1. The van der Waals surface area contributed by atoms with Crippen molar-refractivity contribution in [1.82, 2.24) is 10.2 Å². The van der Waals surface area contributed by atoms with Gasteiger partial charge in [0.05, 0.1) is 5.41 Å². The number of likely N-dealkylation sites (tertiary alicyclic amines) is 1. The maximum Gasteiger partial charge on any atom is 0.317 e. The molecule has 18 heavy (non-hydrogen) atoms. The number of aliphatic carboxylic acids is 1. The molecule has 0 aromatic heterocycles. The lowest BCUT2D eigenvalue weighted by molar-refractivity contribution is -0.152. The molecule has 1 heterocycles. The second-order valence-electron chi connectivity index (χ2n) is 5.54. The van der Waals surface area contributed by atoms with Gasteiger partial charge in [-0.05, 0) is 25.2 Å². The minimum atomic E-state index is -0.786. The number of piperidine rings is 1. The van der Waals surface area contributed by atoms with Crippen LogP contribution in [0.1, 0.15) is 40.0 Å². The smallest absolute Gasteiger partial charge is 0.317 e. The van der Waals surface area contributed by atoms with Gasteiger partial charge in [0, 0.05) is 19.6 Å². The number of carboxylic acid groups (broad SMARTS) is 1. The standard InChI is InChI=1S/C13H24N2O3/c1-4-13(11(16)17)6-5-7-15(9-13)12(18)14-8-10(2)3/h10H,4-9H2,1-3H3,(H,14,18)(H,16,17). The highest BCUT2D eigenvalue weighted by molar-refractivity contribution is 5.78. The van der Waals surface area contributed by atoms with Gasteiger partial charge in [0.2, 0.25) is 0 Å². The first-order valence-corrected chi connectivity index (χ1v) is 6.67. The van der Waals surface area contributed by atoms with E-state index in [-0.39, 0.29) is 6.03 Å². The first kappa shape index (κ1) is 14.8.